The summed E-state index contributed by atoms with van der Waals surface area (Å²) < 4.78 is 12.4. The Hall–Kier alpha value is -2.42. The Morgan fingerprint density at radius 1 is 1.29 bits per heavy atom. The highest BCUT2D eigenvalue weighted by atomic mass is 32.2. The Balaban J connectivity index is 1.35. The molecule has 1 aliphatic heterocycles. The number of amides is 1. The maximum atomic E-state index is 12.1. The molecule has 2 aromatic rings. The first-order valence-corrected chi connectivity index (χ1v) is 8.72. The van der Waals surface area contributed by atoms with Crippen LogP contribution in [0, 0.1) is 0 Å². The molecule has 0 atom stereocenters. The number of fused-ring (bicyclic) bond motifs is 1. The van der Waals surface area contributed by atoms with Gasteiger partial charge in [-0.3, -0.25) is 4.79 Å². The van der Waals surface area contributed by atoms with Crippen LogP contribution in [-0.2, 0) is 4.79 Å². The van der Waals surface area contributed by atoms with E-state index in [0.29, 0.717) is 41.5 Å². The van der Waals surface area contributed by atoms with Crippen LogP contribution in [0.1, 0.15) is 24.6 Å². The van der Waals surface area contributed by atoms with Crippen molar-refractivity contribution >= 4 is 23.4 Å². The molecule has 0 saturated heterocycles. The highest BCUT2D eigenvalue weighted by molar-refractivity contribution is 7.99. The van der Waals surface area contributed by atoms with Gasteiger partial charge in [-0.1, -0.05) is 11.8 Å². The van der Waals surface area contributed by atoms with Crippen molar-refractivity contribution < 1.29 is 14.3 Å². The molecule has 24 heavy (non-hydrogen) atoms. The fraction of sp³-hybridized carbons (Fsp3) is 0.400. The van der Waals surface area contributed by atoms with Crippen molar-refractivity contribution in [3.05, 3.63) is 24.0 Å². The van der Waals surface area contributed by atoms with Gasteiger partial charge in [-0.15, -0.1) is 10.2 Å². The van der Waals surface area contributed by atoms with E-state index in [2.05, 4.69) is 15.5 Å². The van der Waals surface area contributed by atoms with Gasteiger partial charge in [0.25, 0.3) is 0 Å². The van der Waals surface area contributed by atoms with Crippen LogP contribution in [0.5, 0.6) is 11.5 Å². The van der Waals surface area contributed by atoms with Gasteiger partial charge in [0.2, 0.25) is 11.1 Å². The van der Waals surface area contributed by atoms with Gasteiger partial charge in [0.05, 0.1) is 5.75 Å². The first kappa shape index (κ1) is 15.1. The van der Waals surface area contributed by atoms with Crippen molar-refractivity contribution in [2.24, 2.45) is 0 Å². The molecule has 4 rings (SSSR count). The molecule has 0 unspecified atom stereocenters. The van der Waals surface area contributed by atoms with Crippen molar-refractivity contribution in [2.75, 3.05) is 30.1 Å². The molecule has 9 heteroatoms. The molecule has 1 aromatic heterocycles. The first-order valence-electron chi connectivity index (χ1n) is 7.73. The predicted octanol–water partition coefficient (Wildman–Crippen LogP) is 1.37. The molecule has 1 aliphatic carbocycles. The highest BCUT2D eigenvalue weighted by Gasteiger charge is 2.30. The zero-order valence-corrected chi connectivity index (χ0v) is 13.7. The number of ether oxygens (including phenoxy) is 2. The van der Waals surface area contributed by atoms with Crippen molar-refractivity contribution in [3.8, 4) is 11.5 Å². The number of nitrogens with two attached hydrogens (primary N) is 1. The Bertz CT molecular complexity index is 774. The number of nitrogens with one attached hydrogen (secondary N) is 1. The minimum atomic E-state index is -0.146. The maximum Gasteiger partial charge on any atom is 0.234 e. The summed E-state index contributed by atoms with van der Waals surface area (Å²) >= 11 is 1.27. The molecule has 3 N–H and O–H groups in total. The van der Waals surface area contributed by atoms with Crippen LogP contribution in [0.2, 0.25) is 0 Å². The summed E-state index contributed by atoms with van der Waals surface area (Å²) in [7, 11) is 0. The number of benzene rings is 1. The molecule has 8 nitrogen and oxygen atoms in total. The number of hydrogen-bond donors (Lipinski definition) is 2. The zero-order chi connectivity index (χ0) is 16.5. The minimum absolute atomic E-state index is 0.146. The third-order valence-corrected chi connectivity index (χ3v) is 4.73. The number of rotatable bonds is 5. The van der Waals surface area contributed by atoms with Crippen LogP contribution in [0.25, 0.3) is 0 Å². The van der Waals surface area contributed by atoms with Crippen LogP contribution >= 0.6 is 11.8 Å². The molecule has 0 radical (unpaired) electrons. The van der Waals surface area contributed by atoms with E-state index in [0.717, 1.165) is 18.7 Å². The van der Waals surface area contributed by atoms with Crippen LogP contribution in [-0.4, -0.2) is 39.7 Å². The minimum Gasteiger partial charge on any atom is -0.486 e. The largest absolute Gasteiger partial charge is 0.486 e. The molecular formula is C15H17N5O3S. The van der Waals surface area contributed by atoms with E-state index in [4.69, 9.17) is 15.3 Å². The van der Waals surface area contributed by atoms with Crippen LogP contribution in [0.15, 0.2) is 23.4 Å². The fourth-order valence-corrected chi connectivity index (χ4v) is 3.12. The van der Waals surface area contributed by atoms with E-state index in [-0.39, 0.29) is 11.7 Å². The van der Waals surface area contributed by atoms with E-state index in [1.807, 2.05) is 0 Å². The average Bonchev–Trinajstić information content (AvgIpc) is 3.36. The normalized spacial score (nSPS) is 16.0. The summed E-state index contributed by atoms with van der Waals surface area (Å²) in [5.74, 6) is 8.57. The summed E-state index contributed by atoms with van der Waals surface area (Å²) in [5, 5.41) is 11.5. The second-order valence-electron chi connectivity index (χ2n) is 5.68. The summed E-state index contributed by atoms with van der Waals surface area (Å²) in [6, 6.07) is 5.33. The van der Waals surface area contributed by atoms with Gasteiger partial charge in [-0.05, 0) is 25.0 Å². The third kappa shape index (κ3) is 3.12. The molecule has 2 aliphatic rings. The number of hydrogen-bond acceptors (Lipinski definition) is 7. The van der Waals surface area contributed by atoms with Gasteiger partial charge >= 0.3 is 0 Å². The number of nitrogens with zero attached hydrogens (tertiary/aromatic N) is 3. The summed E-state index contributed by atoms with van der Waals surface area (Å²) in [5.41, 5.74) is 0.665. The Kier molecular flexibility index (Phi) is 3.93. The van der Waals surface area contributed by atoms with Crippen molar-refractivity contribution in [1.82, 2.24) is 14.9 Å². The number of carbonyl (C=O) groups excluding carboxylic acids is 1. The van der Waals surface area contributed by atoms with Gasteiger partial charge in [-0.25, -0.2) is 4.68 Å². The lowest BCUT2D eigenvalue weighted by Gasteiger charge is -2.18. The summed E-state index contributed by atoms with van der Waals surface area (Å²) in [6.45, 7) is 1.05. The van der Waals surface area contributed by atoms with E-state index in [9.17, 15) is 4.79 Å². The van der Waals surface area contributed by atoms with Crippen LogP contribution in [0.4, 0.5) is 5.69 Å². The second kappa shape index (κ2) is 6.23. The SMILES string of the molecule is Nn1c(SCC(=O)Nc2ccc3c(c2)OCCO3)nnc1C1CC1. The summed E-state index contributed by atoms with van der Waals surface area (Å²) in [6.07, 6.45) is 2.20. The van der Waals surface area contributed by atoms with Crippen molar-refractivity contribution in [3.63, 3.8) is 0 Å². The standard InChI is InChI=1S/C15H17N5O3S/c16-20-14(9-1-2-9)18-19-15(20)24-8-13(21)17-10-3-4-11-12(7-10)23-6-5-22-11/h3-4,7,9H,1-2,5-6,8,16H2,(H,17,21). The van der Waals surface area contributed by atoms with E-state index in [1.165, 1.54) is 16.4 Å². The monoisotopic (exact) mass is 347 g/mol. The molecule has 126 valence electrons. The average molecular weight is 347 g/mol. The van der Waals surface area contributed by atoms with Crippen LogP contribution < -0.4 is 20.6 Å². The quantitative estimate of drug-likeness (QED) is 0.622. The van der Waals surface area contributed by atoms with Gasteiger partial charge in [0, 0.05) is 17.7 Å². The lowest BCUT2D eigenvalue weighted by atomic mass is 10.2. The van der Waals surface area contributed by atoms with Crippen LogP contribution in [0.3, 0.4) is 0 Å². The topological polar surface area (TPSA) is 104 Å². The molecular weight excluding hydrogens is 330 g/mol. The third-order valence-electron chi connectivity index (χ3n) is 3.79. The second-order valence-corrected chi connectivity index (χ2v) is 6.62. The Labute approximate surface area is 142 Å². The molecule has 2 heterocycles. The Morgan fingerprint density at radius 2 is 2.08 bits per heavy atom. The molecule has 1 saturated carbocycles. The fourth-order valence-electron chi connectivity index (χ4n) is 2.45. The predicted molar refractivity (Wildman–Crippen MR) is 88.9 cm³/mol. The molecule has 0 bridgehead atoms. The smallest absolute Gasteiger partial charge is 0.234 e. The van der Waals surface area contributed by atoms with Gasteiger partial charge in [0.15, 0.2) is 17.3 Å². The number of aromatic nitrogens is 3. The maximum absolute atomic E-state index is 12.1. The Morgan fingerprint density at radius 3 is 2.88 bits per heavy atom. The molecule has 0 spiro atoms. The van der Waals surface area contributed by atoms with Gasteiger partial charge in [0.1, 0.15) is 13.2 Å². The number of carbonyl (C=O) groups is 1. The van der Waals surface area contributed by atoms with Gasteiger partial charge in [-0.2, -0.15) is 0 Å². The number of anilines is 1. The molecule has 1 aromatic carbocycles. The zero-order valence-electron chi connectivity index (χ0n) is 12.9. The number of thioether (sulfide) groups is 1. The molecule has 1 fully saturated rings. The highest BCUT2D eigenvalue weighted by Crippen LogP contribution is 2.39. The van der Waals surface area contributed by atoms with Crippen molar-refractivity contribution in [1.29, 1.82) is 0 Å². The van der Waals surface area contributed by atoms with Crippen molar-refractivity contribution in [2.45, 2.75) is 23.9 Å². The lowest BCUT2D eigenvalue weighted by molar-refractivity contribution is -0.113. The van der Waals surface area contributed by atoms with E-state index in [1.54, 1.807) is 18.2 Å². The first-order chi connectivity index (χ1) is 11.7. The summed E-state index contributed by atoms with van der Waals surface area (Å²) in [4.78, 5) is 12.1. The van der Waals surface area contributed by atoms with Gasteiger partial charge < -0.3 is 20.6 Å². The van der Waals surface area contributed by atoms with E-state index < -0.39 is 0 Å². The molecule has 1 amide bonds. The number of nitrogen functional groups attached to an aromatic ring is 1. The van der Waals surface area contributed by atoms with E-state index >= 15 is 0 Å². The lowest BCUT2D eigenvalue weighted by Crippen LogP contribution is -2.18.